The first-order chi connectivity index (χ1) is 12.5. The van der Waals surface area contributed by atoms with Crippen LogP contribution >= 0.6 is 11.3 Å². The van der Waals surface area contributed by atoms with E-state index in [9.17, 15) is 4.79 Å². The zero-order chi connectivity index (χ0) is 17.9. The summed E-state index contributed by atoms with van der Waals surface area (Å²) in [6, 6.07) is 1.66. The lowest BCUT2D eigenvalue weighted by atomic mass is 9.73. The largest absolute Gasteiger partial charge is 0.369 e. The Morgan fingerprint density at radius 2 is 2.35 bits per heavy atom. The van der Waals surface area contributed by atoms with Crippen LogP contribution in [0.4, 0.5) is 5.13 Å². The number of hydrogen-bond donors (Lipinski definition) is 1. The number of ether oxygens (including phenoxy) is 1. The third-order valence-electron chi connectivity index (χ3n) is 5.93. The maximum Gasteiger partial charge on any atom is 0.273 e. The second-order valence-corrected chi connectivity index (χ2v) is 8.71. The molecule has 26 heavy (non-hydrogen) atoms. The van der Waals surface area contributed by atoms with Crippen LogP contribution in [0.2, 0.25) is 0 Å². The molecule has 1 amide bonds. The van der Waals surface area contributed by atoms with Crippen LogP contribution in [0.1, 0.15) is 34.1 Å². The van der Waals surface area contributed by atoms with Crippen LogP contribution in [0.5, 0.6) is 0 Å². The average Bonchev–Trinajstić information content (AvgIpc) is 3.38. The highest BCUT2D eigenvalue weighted by Gasteiger charge is 2.63. The van der Waals surface area contributed by atoms with E-state index in [0.717, 1.165) is 36.1 Å². The topological polar surface area (TPSA) is 93.4 Å². The molecule has 138 valence electrons. The van der Waals surface area contributed by atoms with E-state index in [1.54, 1.807) is 24.3 Å². The number of fused-ring (bicyclic) bond motifs is 1. The van der Waals surface area contributed by atoms with E-state index in [0.29, 0.717) is 29.8 Å². The van der Waals surface area contributed by atoms with Gasteiger partial charge in [-0.3, -0.25) is 4.79 Å². The fourth-order valence-corrected chi connectivity index (χ4v) is 5.49. The summed E-state index contributed by atoms with van der Waals surface area (Å²) in [5.74, 6) is 1.17. The summed E-state index contributed by atoms with van der Waals surface area (Å²) < 4.78 is 11.4. The van der Waals surface area contributed by atoms with Gasteiger partial charge >= 0.3 is 0 Å². The first kappa shape index (κ1) is 16.2. The zero-order valence-electron chi connectivity index (χ0n) is 14.8. The van der Waals surface area contributed by atoms with Crippen molar-refractivity contribution in [2.45, 2.75) is 38.4 Å². The third-order valence-corrected chi connectivity index (χ3v) is 6.83. The normalized spacial score (nSPS) is 32.2. The molecule has 8 nitrogen and oxygen atoms in total. The Bertz CT molecular complexity index is 851. The quantitative estimate of drug-likeness (QED) is 0.867. The Morgan fingerprint density at radius 1 is 1.46 bits per heavy atom. The van der Waals surface area contributed by atoms with Crippen molar-refractivity contribution in [3.63, 3.8) is 0 Å². The van der Waals surface area contributed by atoms with E-state index >= 15 is 0 Å². The van der Waals surface area contributed by atoms with E-state index in [1.165, 1.54) is 0 Å². The second kappa shape index (κ2) is 5.75. The summed E-state index contributed by atoms with van der Waals surface area (Å²) in [6.07, 6.45) is 2.38. The van der Waals surface area contributed by atoms with Crippen LogP contribution in [0.15, 0.2) is 10.6 Å². The number of aryl methyl sites for hydroxylation is 2. The van der Waals surface area contributed by atoms with Gasteiger partial charge < -0.3 is 19.5 Å². The van der Waals surface area contributed by atoms with Crippen LogP contribution < -0.4 is 10.2 Å². The average molecular weight is 375 g/mol. The third kappa shape index (κ3) is 2.44. The molecule has 4 atom stereocenters. The fraction of sp³-hybridized carbons (Fsp3) is 0.647. The molecule has 0 unspecified atom stereocenters. The molecule has 0 aliphatic carbocycles. The molecule has 0 saturated carbocycles. The maximum atomic E-state index is 12.3. The lowest BCUT2D eigenvalue weighted by molar-refractivity contribution is 0.0141. The smallest absolute Gasteiger partial charge is 0.273 e. The van der Waals surface area contributed by atoms with Crippen molar-refractivity contribution in [1.82, 2.24) is 20.7 Å². The summed E-state index contributed by atoms with van der Waals surface area (Å²) in [4.78, 5) is 14.6. The summed E-state index contributed by atoms with van der Waals surface area (Å²) in [5, 5.41) is 17.2. The highest BCUT2D eigenvalue weighted by atomic mass is 32.1. The van der Waals surface area contributed by atoms with E-state index < -0.39 is 0 Å². The van der Waals surface area contributed by atoms with Gasteiger partial charge in [0.1, 0.15) is 10.8 Å². The molecule has 2 aromatic heterocycles. The number of nitrogens with one attached hydrogen (secondary N) is 1. The van der Waals surface area contributed by atoms with Gasteiger partial charge in [0.15, 0.2) is 5.69 Å². The molecule has 5 heterocycles. The van der Waals surface area contributed by atoms with Crippen molar-refractivity contribution >= 4 is 22.4 Å². The monoisotopic (exact) mass is 375 g/mol. The molecular formula is C17H21N5O3S. The molecule has 1 spiro atoms. The van der Waals surface area contributed by atoms with E-state index in [4.69, 9.17) is 9.26 Å². The van der Waals surface area contributed by atoms with E-state index in [2.05, 4.69) is 25.6 Å². The standard InChI is InChI=1S/C17H21N5O3S/c1-9-5-13(21-25-9)15(23)18-6-11-12-7-22(16-20-19-10(2)26-16)8-17(12)4-3-14(11)24-17/h5,11-12,14H,3-4,6-8H2,1-2H3,(H,18,23)/t11-,12+,14+,17+/m0/s1. The Kier molecular flexibility index (Phi) is 3.58. The van der Waals surface area contributed by atoms with Crippen molar-refractivity contribution < 1.29 is 14.1 Å². The lowest BCUT2D eigenvalue weighted by Gasteiger charge is -2.29. The highest BCUT2D eigenvalue weighted by molar-refractivity contribution is 7.15. The van der Waals surface area contributed by atoms with Crippen molar-refractivity contribution in [2.75, 3.05) is 24.5 Å². The molecule has 0 radical (unpaired) electrons. The Hall–Kier alpha value is -2.00. The van der Waals surface area contributed by atoms with Gasteiger partial charge in [-0.2, -0.15) is 0 Å². The van der Waals surface area contributed by atoms with Crippen LogP contribution in [0, 0.1) is 25.7 Å². The van der Waals surface area contributed by atoms with Gasteiger partial charge in [0, 0.05) is 37.5 Å². The van der Waals surface area contributed by atoms with Crippen LogP contribution in [-0.4, -0.2) is 52.6 Å². The molecule has 3 aliphatic heterocycles. The van der Waals surface area contributed by atoms with E-state index in [1.807, 2.05) is 6.92 Å². The number of nitrogens with zero attached hydrogens (tertiary/aromatic N) is 4. The summed E-state index contributed by atoms with van der Waals surface area (Å²) >= 11 is 1.63. The van der Waals surface area contributed by atoms with E-state index in [-0.39, 0.29) is 17.6 Å². The van der Waals surface area contributed by atoms with Gasteiger partial charge in [0.2, 0.25) is 5.13 Å². The number of hydrogen-bond acceptors (Lipinski definition) is 8. The lowest BCUT2D eigenvalue weighted by Crippen LogP contribution is -2.42. The summed E-state index contributed by atoms with van der Waals surface area (Å²) in [7, 11) is 0. The molecule has 3 saturated heterocycles. The minimum Gasteiger partial charge on any atom is -0.369 e. The molecule has 3 fully saturated rings. The number of amides is 1. The summed E-state index contributed by atoms with van der Waals surface area (Å²) in [5.41, 5.74) is 0.239. The minimum atomic E-state index is -0.187. The van der Waals surface area contributed by atoms with Gasteiger partial charge in [-0.1, -0.05) is 16.5 Å². The highest BCUT2D eigenvalue weighted by Crippen LogP contribution is 2.55. The van der Waals surface area contributed by atoms with Crippen LogP contribution in [0.3, 0.4) is 0 Å². The molecule has 3 aliphatic rings. The van der Waals surface area contributed by atoms with Gasteiger partial charge in [-0.05, 0) is 26.7 Å². The number of carbonyl (C=O) groups is 1. The molecule has 1 N–H and O–H groups in total. The maximum absolute atomic E-state index is 12.3. The predicted molar refractivity (Wildman–Crippen MR) is 94.3 cm³/mol. The first-order valence-corrected chi connectivity index (χ1v) is 9.80. The number of anilines is 1. The van der Waals surface area contributed by atoms with Gasteiger partial charge in [0.25, 0.3) is 5.91 Å². The molecule has 2 bridgehead atoms. The van der Waals surface area contributed by atoms with Gasteiger partial charge in [-0.25, -0.2) is 0 Å². The van der Waals surface area contributed by atoms with Crippen molar-refractivity contribution in [3.05, 3.63) is 22.5 Å². The number of carbonyl (C=O) groups excluding carboxylic acids is 1. The first-order valence-electron chi connectivity index (χ1n) is 8.98. The van der Waals surface area contributed by atoms with Crippen molar-refractivity contribution in [3.8, 4) is 0 Å². The second-order valence-electron chi connectivity index (χ2n) is 7.55. The van der Waals surface area contributed by atoms with Crippen molar-refractivity contribution in [2.24, 2.45) is 11.8 Å². The SMILES string of the molecule is Cc1cc(C(=O)NC[C@H]2[C@H]3CN(c4nnc(C)s4)C[C@]34CC[C@H]2O4)no1. The fourth-order valence-electron chi connectivity index (χ4n) is 4.80. The number of rotatable bonds is 4. The summed E-state index contributed by atoms with van der Waals surface area (Å²) in [6.45, 7) is 6.14. The van der Waals surface area contributed by atoms with Gasteiger partial charge in [0.05, 0.1) is 11.7 Å². The molecule has 5 rings (SSSR count). The van der Waals surface area contributed by atoms with Crippen LogP contribution in [-0.2, 0) is 4.74 Å². The minimum absolute atomic E-state index is 0.0931. The number of aromatic nitrogens is 3. The molecule has 9 heteroatoms. The molecular weight excluding hydrogens is 354 g/mol. The van der Waals surface area contributed by atoms with Crippen LogP contribution in [0.25, 0.3) is 0 Å². The predicted octanol–water partition coefficient (Wildman–Crippen LogP) is 1.56. The Morgan fingerprint density at radius 3 is 3.08 bits per heavy atom. The Balaban J connectivity index is 1.29. The zero-order valence-corrected chi connectivity index (χ0v) is 15.6. The van der Waals surface area contributed by atoms with Gasteiger partial charge in [-0.15, -0.1) is 10.2 Å². The molecule has 2 aromatic rings. The Labute approximate surface area is 154 Å². The molecule has 0 aromatic carbocycles. The van der Waals surface area contributed by atoms with Crippen molar-refractivity contribution in [1.29, 1.82) is 0 Å².